The molecule has 0 aliphatic carbocycles. The molecule has 1 aliphatic rings. The molecular weight excluding hydrogens is 450 g/mol. The summed E-state index contributed by atoms with van der Waals surface area (Å²) in [7, 11) is 2.55. The van der Waals surface area contributed by atoms with Gasteiger partial charge >= 0.3 is 0 Å². The van der Waals surface area contributed by atoms with Crippen LogP contribution in [0.3, 0.4) is 0 Å². The maximum atomic E-state index is 12.5. The fourth-order valence-electron chi connectivity index (χ4n) is 3.93. The minimum Gasteiger partial charge on any atom is -0.493 e. The zero-order valence-electron chi connectivity index (χ0n) is 19.5. The van der Waals surface area contributed by atoms with Gasteiger partial charge in [0.2, 0.25) is 5.75 Å². The van der Waals surface area contributed by atoms with E-state index in [2.05, 4.69) is 0 Å². The van der Waals surface area contributed by atoms with Gasteiger partial charge in [0.05, 0.1) is 40.6 Å². The molecule has 182 valence electrons. The number of sulfone groups is 1. The second-order valence-corrected chi connectivity index (χ2v) is 9.59. The highest BCUT2D eigenvalue weighted by Crippen LogP contribution is 2.47. The second kappa shape index (κ2) is 10.5. The van der Waals surface area contributed by atoms with Crippen LogP contribution in [0.4, 0.5) is 0 Å². The lowest BCUT2D eigenvalue weighted by molar-refractivity contribution is 0.0435. The van der Waals surface area contributed by atoms with Crippen LogP contribution in [-0.2, 0) is 14.6 Å². The molecule has 3 rings (SSSR count). The summed E-state index contributed by atoms with van der Waals surface area (Å²) in [5.74, 6) is 2.08. The molecule has 2 N–H and O–H groups in total. The van der Waals surface area contributed by atoms with Crippen LogP contribution in [0, 0.1) is 0 Å². The van der Waals surface area contributed by atoms with E-state index in [1.54, 1.807) is 33.5 Å². The largest absolute Gasteiger partial charge is 0.493 e. The molecule has 1 saturated heterocycles. The van der Waals surface area contributed by atoms with E-state index in [4.69, 9.17) is 34.2 Å². The molecule has 0 unspecified atom stereocenters. The van der Waals surface area contributed by atoms with Gasteiger partial charge in [0.1, 0.15) is 11.5 Å². The third-order valence-corrected chi connectivity index (χ3v) is 6.58. The second-order valence-electron chi connectivity index (χ2n) is 7.61. The predicted octanol–water partition coefficient (Wildman–Crippen LogP) is 3.05. The molecule has 9 nitrogen and oxygen atoms in total. The number of benzene rings is 2. The standard InChI is InChI=1S/C23H31NO8S/c1-27-18-10-14(11-19(28-2)22(18)30-4)16-6-7-17(32-16)15-12-20(29-3)23(31-9-8-24)21(13-15)33(5,25)26/h10-13,16-17H,6-9,24H2,1-5H3/t16-,17-/m0/s1. The maximum Gasteiger partial charge on any atom is 0.203 e. The normalized spacial score (nSPS) is 18.1. The van der Waals surface area contributed by atoms with Gasteiger partial charge in [0.15, 0.2) is 32.8 Å². The Morgan fingerprint density at radius 1 is 0.848 bits per heavy atom. The van der Waals surface area contributed by atoms with E-state index in [9.17, 15) is 8.42 Å². The molecule has 0 bridgehead atoms. The van der Waals surface area contributed by atoms with Crippen molar-refractivity contribution in [1.29, 1.82) is 0 Å². The number of hydrogen-bond acceptors (Lipinski definition) is 9. The lowest BCUT2D eigenvalue weighted by Gasteiger charge is -2.20. The van der Waals surface area contributed by atoms with E-state index in [-0.39, 0.29) is 36.0 Å². The quantitative estimate of drug-likeness (QED) is 0.546. The smallest absolute Gasteiger partial charge is 0.203 e. The number of rotatable bonds is 10. The van der Waals surface area contributed by atoms with Crippen LogP contribution in [0.2, 0.25) is 0 Å². The minimum absolute atomic E-state index is 0.0464. The Hall–Kier alpha value is -2.69. The van der Waals surface area contributed by atoms with E-state index in [0.717, 1.165) is 18.2 Å². The van der Waals surface area contributed by atoms with Crippen molar-refractivity contribution in [2.24, 2.45) is 5.73 Å². The zero-order chi connectivity index (χ0) is 24.2. The summed E-state index contributed by atoms with van der Waals surface area (Å²) >= 11 is 0. The Morgan fingerprint density at radius 3 is 1.76 bits per heavy atom. The van der Waals surface area contributed by atoms with E-state index in [1.165, 1.54) is 7.11 Å². The SMILES string of the molecule is COc1cc([C@@H]2CC[C@@H](c3cc(OC)c(OCCN)c(S(C)(=O)=O)c3)O2)cc(OC)c1OC. The monoisotopic (exact) mass is 481 g/mol. The highest BCUT2D eigenvalue weighted by atomic mass is 32.2. The number of ether oxygens (including phenoxy) is 6. The fraction of sp³-hybridized carbons (Fsp3) is 0.478. The molecule has 1 aliphatic heterocycles. The van der Waals surface area contributed by atoms with Crippen molar-refractivity contribution >= 4 is 9.84 Å². The minimum atomic E-state index is -3.59. The fourth-order valence-corrected chi connectivity index (χ4v) is 4.77. The van der Waals surface area contributed by atoms with Crippen LogP contribution in [0.15, 0.2) is 29.2 Å². The number of nitrogens with two attached hydrogens (primary N) is 1. The van der Waals surface area contributed by atoms with Crippen molar-refractivity contribution in [3.63, 3.8) is 0 Å². The Morgan fingerprint density at radius 2 is 1.33 bits per heavy atom. The lowest BCUT2D eigenvalue weighted by atomic mass is 10.0. The topological polar surface area (TPSA) is 116 Å². The van der Waals surface area contributed by atoms with Crippen LogP contribution in [-0.4, -0.2) is 56.3 Å². The van der Waals surface area contributed by atoms with Crippen molar-refractivity contribution in [2.75, 3.05) is 47.8 Å². The van der Waals surface area contributed by atoms with Crippen LogP contribution in [0.1, 0.15) is 36.2 Å². The average Bonchev–Trinajstić information content (AvgIpc) is 3.30. The van der Waals surface area contributed by atoms with E-state index in [1.807, 2.05) is 12.1 Å². The Labute approximate surface area is 194 Å². The molecule has 1 fully saturated rings. The summed E-state index contributed by atoms with van der Waals surface area (Å²) in [6, 6.07) is 7.07. The van der Waals surface area contributed by atoms with Gasteiger partial charge in [-0.3, -0.25) is 0 Å². The average molecular weight is 482 g/mol. The third kappa shape index (κ3) is 5.29. The first kappa shape index (κ1) is 24.9. The van der Waals surface area contributed by atoms with E-state index < -0.39 is 9.84 Å². The van der Waals surface area contributed by atoms with Crippen molar-refractivity contribution in [1.82, 2.24) is 0 Å². The zero-order valence-corrected chi connectivity index (χ0v) is 20.4. The summed E-state index contributed by atoms with van der Waals surface area (Å²) in [5, 5.41) is 0. The Bertz CT molecular complexity index is 1060. The molecule has 0 amide bonds. The first-order valence-corrected chi connectivity index (χ1v) is 12.4. The van der Waals surface area contributed by atoms with Gasteiger partial charge in [0.25, 0.3) is 0 Å². The first-order valence-electron chi connectivity index (χ1n) is 10.5. The molecule has 33 heavy (non-hydrogen) atoms. The summed E-state index contributed by atoms with van der Waals surface area (Å²) in [6.45, 7) is 0.414. The maximum absolute atomic E-state index is 12.5. The van der Waals surface area contributed by atoms with Crippen LogP contribution in [0.5, 0.6) is 28.7 Å². The van der Waals surface area contributed by atoms with Gasteiger partial charge in [-0.05, 0) is 48.2 Å². The molecule has 2 aromatic carbocycles. The summed E-state index contributed by atoms with van der Waals surface area (Å²) in [6.07, 6.45) is 1.99. The van der Waals surface area contributed by atoms with Crippen LogP contribution in [0.25, 0.3) is 0 Å². The molecule has 0 spiro atoms. The molecule has 1 heterocycles. The highest BCUT2D eigenvalue weighted by molar-refractivity contribution is 7.90. The highest BCUT2D eigenvalue weighted by Gasteiger charge is 2.32. The van der Waals surface area contributed by atoms with Crippen molar-refractivity contribution in [2.45, 2.75) is 29.9 Å². The third-order valence-electron chi connectivity index (χ3n) is 5.48. The predicted molar refractivity (Wildman–Crippen MR) is 123 cm³/mol. The number of hydrogen-bond donors (Lipinski definition) is 1. The summed E-state index contributed by atoms with van der Waals surface area (Å²) in [4.78, 5) is 0.0464. The van der Waals surface area contributed by atoms with Gasteiger partial charge < -0.3 is 34.2 Å². The molecule has 0 saturated carbocycles. The van der Waals surface area contributed by atoms with Crippen molar-refractivity contribution < 1.29 is 36.8 Å². The molecule has 10 heteroatoms. The van der Waals surface area contributed by atoms with E-state index in [0.29, 0.717) is 35.0 Å². The van der Waals surface area contributed by atoms with Crippen molar-refractivity contribution in [3.8, 4) is 28.7 Å². The Kier molecular flexibility index (Phi) is 7.93. The van der Waals surface area contributed by atoms with Gasteiger partial charge in [-0.25, -0.2) is 8.42 Å². The van der Waals surface area contributed by atoms with Crippen LogP contribution >= 0.6 is 0 Å². The lowest BCUT2D eigenvalue weighted by Crippen LogP contribution is -2.14. The van der Waals surface area contributed by atoms with Gasteiger partial charge in [0, 0.05) is 12.8 Å². The van der Waals surface area contributed by atoms with E-state index >= 15 is 0 Å². The van der Waals surface area contributed by atoms with Gasteiger partial charge in [-0.1, -0.05) is 0 Å². The molecule has 2 atom stereocenters. The molecule has 0 aromatic heterocycles. The molecule has 0 radical (unpaired) electrons. The van der Waals surface area contributed by atoms with Crippen LogP contribution < -0.4 is 29.4 Å². The van der Waals surface area contributed by atoms with Crippen molar-refractivity contribution in [3.05, 3.63) is 35.4 Å². The molecular formula is C23H31NO8S. The Balaban J connectivity index is 1.95. The number of methoxy groups -OCH3 is 4. The van der Waals surface area contributed by atoms with Gasteiger partial charge in [-0.2, -0.15) is 0 Å². The van der Waals surface area contributed by atoms with Gasteiger partial charge in [-0.15, -0.1) is 0 Å². The summed E-state index contributed by atoms with van der Waals surface area (Å²) in [5.41, 5.74) is 7.10. The first-order chi connectivity index (χ1) is 15.8. The summed E-state index contributed by atoms with van der Waals surface area (Å²) < 4.78 is 58.7. The molecule has 2 aromatic rings.